The Kier molecular flexibility index (Phi) is 2.96. The highest BCUT2D eigenvalue weighted by atomic mass is 19.1. The molecule has 1 saturated heterocycles. The van der Waals surface area contributed by atoms with E-state index in [9.17, 15) is 8.78 Å². The van der Waals surface area contributed by atoms with Crippen LogP contribution in [0.4, 0.5) is 20.2 Å². The Morgan fingerprint density at radius 3 is 2.38 bits per heavy atom. The van der Waals surface area contributed by atoms with Gasteiger partial charge >= 0.3 is 0 Å². The molecule has 1 fully saturated rings. The fourth-order valence-electron chi connectivity index (χ4n) is 1.88. The third-order valence-corrected chi connectivity index (χ3v) is 2.92. The van der Waals surface area contributed by atoms with E-state index in [-0.39, 0.29) is 5.69 Å². The molecule has 16 heavy (non-hydrogen) atoms. The molecule has 0 atom stereocenters. The molecule has 88 valence electrons. The summed E-state index contributed by atoms with van der Waals surface area (Å²) in [4.78, 5) is 4.09. The minimum Gasteiger partial charge on any atom is -0.395 e. The normalized spacial score (nSPS) is 17.8. The van der Waals surface area contributed by atoms with Gasteiger partial charge < -0.3 is 15.5 Å². The van der Waals surface area contributed by atoms with Crippen LogP contribution in [0.25, 0.3) is 0 Å². The molecule has 0 spiro atoms. The van der Waals surface area contributed by atoms with Crippen molar-refractivity contribution < 1.29 is 8.78 Å². The molecule has 1 aromatic carbocycles. The number of benzene rings is 1. The first-order valence-corrected chi connectivity index (χ1v) is 5.26. The molecule has 3 nitrogen and oxygen atoms in total. The first-order chi connectivity index (χ1) is 7.58. The third-order valence-electron chi connectivity index (χ3n) is 2.92. The second-order valence-electron chi connectivity index (χ2n) is 4.11. The van der Waals surface area contributed by atoms with Gasteiger partial charge in [0.1, 0.15) is 5.82 Å². The Hall–Kier alpha value is -1.36. The van der Waals surface area contributed by atoms with Crippen LogP contribution in [0.5, 0.6) is 0 Å². The standard InChI is InChI=1S/C11H15F2N3/c1-15-2-4-16(5-3-15)10-7-8(12)6-9(13)11(10)14/h6-7H,2-5,14H2,1H3. The molecule has 0 radical (unpaired) electrons. The number of nitrogens with two attached hydrogens (primary N) is 1. The average molecular weight is 227 g/mol. The maximum absolute atomic E-state index is 13.3. The van der Waals surface area contributed by atoms with Gasteiger partial charge in [-0.25, -0.2) is 8.78 Å². The SMILES string of the molecule is CN1CCN(c2cc(F)cc(F)c2N)CC1. The molecule has 1 aliphatic heterocycles. The summed E-state index contributed by atoms with van der Waals surface area (Å²) in [7, 11) is 2.02. The van der Waals surface area contributed by atoms with Gasteiger partial charge in [0.15, 0.2) is 5.82 Å². The van der Waals surface area contributed by atoms with Crippen LogP contribution in [0.2, 0.25) is 0 Å². The number of hydrogen-bond donors (Lipinski definition) is 1. The van der Waals surface area contributed by atoms with Gasteiger partial charge in [-0.2, -0.15) is 0 Å². The molecule has 0 aromatic heterocycles. The van der Waals surface area contributed by atoms with E-state index in [2.05, 4.69) is 4.90 Å². The lowest BCUT2D eigenvalue weighted by Crippen LogP contribution is -2.44. The van der Waals surface area contributed by atoms with Crippen LogP contribution in [0.15, 0.2) is 12.1 Å². The highest BCUT2D eigenvalue weighted by Crippen LogP contribution is 2.27. The number of halogens is 2. The second kappa shape index (κ2) is 4.25. The molecule has 0 unspecified atom stereocenters. The second-order valence-corrected chi connectivity index (χ2v) is 4.11. The first kappa shape index (κ1) is 11.1. The van der Waals surface area contributed by atoms with Crippen LogP contribution >= 0.6 is 0 Å². The van der Waals surface area contributed by atoms with Crippen LogP contribution in [0.3, 0.4) is 0 Å². The van der Waals surface area contributed by atoms with Crippen LogP contribution in [0.1, 0.15) is 0 Å². The van der Waals surface area contributed by atoms with Crippen molar-refractivity contribution >= 4 is 11.4 Å². The Morgan fingerprint density at radius 1 is 1.12 bits per heavy atom. The van der Waals surface area contributed by atoms with Crippen molar-refractivity contribution in [2.24, 2.45) is 0 Å². The Balaban J connectivity index is 2.26. The summed E-state index contributed by atoms with van der Waals surface area (Å²) in [5, 5.41) is 0. The van der Waals surface area contributed by atoms with Gasteiger partial charge in [-0.1, -0.05) is 0 Å². The maximum Gasteiger partial charge on any atom is 0.151 e. The van der Waals surface area contributed by atoms with Gasteiger partial charge in [-0.15, -0.1) is 0 Å². The smallest absolute Gasteiger partial charge is 0.151 e. The zero-order valence-electron chi connectivity index (χ0n) is 9.21. The van der Waals surface area contributed by atoms with Crippen LogP contribution in [-0.4, -0.2) is 38.1 Å². The Morgan fingerprint density at radius 2 is 1.75 bits per heavy atom. The summed E-state index contributed by atoms with van der Waals surface area (Å²) < 4.78 is 26.4. The van der Waals surface area contributed by atoms with Crippen LogP contribution in [-0.2, 0) is 0 Å². The predicted octanol–water partition coefficient (Wildman–Crippen LogP) is 1.30. The van der Waals surface area contributed by atoms with Gasteiger partial charge in [0.05, 0.1) is 11.4 Å². The van der Waals surface area contributed by atoms with Crippen molar-refractivity contribution in [1.29, 1.82) is 0 Å². The van der Waals surface area contributed by atoms with Crippen molar-refractivity contribution in [2.75, 3.05) is 43.9 Å². The van der Waals surface area contributed by atoms with Gasteiger partial charge in [0, 0.05) is 32.2 Å². The quantitative estimate of drug-likeness (QED) is 0.734. The van der Waals surface area contributed by atoms with E-state index < -0.39 is 11.6 Å². The number of nitrogen functional groups attached to an aromatic ring is 1. The number of rotatable bonds is 1. The molecule has 0 aliphatic carbocycles. The van der Waals surface area contributed by atoms with E-state index in [0.717, 1.165) is 32.2 Å². The average Bonchev–Trinajstić information content (AvgIpc) is 2.25. The molecule has 0 bridgehead atoms. The number of nitrogens with zero attached hydrogens (tertiary/aromatic N) is 2. The van der Waals surface area contributed by atoms with Crippen LogP contribution < -0.4 is 10.6 Å². The lowest BCUT2D eigenvalue weighted by atomic mass is 10.2. The largest absolute Gasteiger partial charge is 0.395 e. The number of likely N-dealkylation sites (N-methyl/N-ethyl adjacent to an activating group) is 1. The zero-order valence-corrected chi connectivity index (χ0v) is 9.21. The number of hydrogen-bond acceptors (Lipinski definition) is 3. The molecular formula is C11H15F2N3. The lowest BCUT2D eigenvalue weighted by molar-refractivity contribution is 0.313. The van der Waals surface area contributed by atoms with E-state index >= 15 is 0 Å². The number of anilines is 2. The summed E-state index contributed by atoms with van der Waals surface area (Å²) in [5.74, 6) is -1.27. The minimum atomic E-state index is -0.686. The fourth-order valence-corrected chi connectivity index (χ4v) is 1.88. The van der Waals surface area contributed by atoms with E-state index in [1.807, 2.05) is 11.9 Å². The molecule has 1 heterocycles. The molecular weight excluding hydrogens is 212 g/mol. The van der Waals surface area contributed by atoms with Gasteiger partial charge in [0.2, 0.25) is 0 Å². The van der Waals surface area contributed by atoms with Crippen molar-refractivity contribution in [3.8, 4) is 0 Å². The summed E-state index contributed by atoms with van der Waals surface area (Å²) in [6, 6.07) is 2.11. The summed E-state index contributed by atoms with van der Waals surface area (Å²) in [6.07, 6.45) is 0. The van der Waals surface area contributed by atoms with Crippen LogP contribution in [0, 0.1) is 11.6 Å². The minimum absolute atomic E-state index is 0.0333. The van der Waals surface area contributed by atoms with Gasteiger partial charge in [0.25, 0.3) is 0 Å². The molecule has 5 heteroatoms. The van der Waals surface area contributed by atoms with Crippen molar-refractivity contribution in [1.82, 2.24) is 4.90 Å². The summed E-state index contributed by atoms with van der Waals surface area (Å²) in [6.45, 7) is 3.22. The topological polar surface area (TPSA) is 32.5 Å². The third kappa shape index (κ3) is 2.09. The molecule has 2 N–H and O–H groups in total. The Labute approximate surface area is 93.4 Å². The Bertz CT molecular complexity index is 387. The van der Waals surface area contributed by atoms with Crippen molar-refractivity contribution in [2.45, 2.75) is 0 Å². The van der Waals surface area contributed by atoms with E-state index in [4.69, 9.17) is 5.73 Å². The monoisotopic (exact) mass is 227 g/mol. The molecule has 1 aliphatic rings. The summed E-state index contributed by atoms with van der Waals surface area (Å²) in [5.41, 5.74) is 6.12. The molecule has 0 amide bonds. The number of piperazine rings is 1. The maximum atomic E-state index is 13.3. The molecule has 0 saturated carbocycles. The van der Waals surface area contributed by atoms with Gasteiger partial charge in [-0.05, 0) is 13.1 Å². The van der Waals surface area contributed by atoms with Crippen molar-refractivity contribution in [3.05, 3.63) is 23.8 Å². The van der Waals surface area contributed by atoms with E-state index in [0.29, 0.717) is 5.69 Å². The van der Waals surface area contributed by atoms with Crippen molar-refractivity contribution in [3.63, 3.8) is 0 Å². The fraction of sp³-hybridized carbons (Fsp3) is 0.455. The zero-order chi connectivity index (χ0) is 11.7. The lowest BCUT2D eigenvalue weighted by Gasteiger charge is -2.34. The first-order valence-electron chi connectivity index (χ1n) is 5.26. The highest BCUT2D eigenvalue weighted by molar-refractivity contribution is 5.68. The van der Waals surface area contributed by atoms with Gasteiger partial charge in [-0.3, -0.25) is 0 Å². The summed E-state index contributed by atoms with van der Waals surface area (Å²) >= 11 is 0. The van der Waals surface area contributed by atoms with E-state index in [1.54, 1.807) is 0 Å². The predicted molar refractivity (Wildman–Crippen MR) is 60.5 cm³/mol. The molecule has 1 aromatic rings. The van der Waals surface area contributed by atoms with E-state index in [1.165, 1.54) is 6.07 Å². The molecule has 2 rings (SSSR count). The highest BCUT2D eigenvalue weighted by Gasteiger charge is 2.18.